The van der Waals surface area contributed by atoms with Crippen LogP contribution < -0.4 is 15.4 Å². The van der Waals surface area contributed by atoms with Crippen molar-refractivity contribution in [2.45, 2.75) is 77.5 Å². The van der Waals surface area contributed by atoms with Gasteiger partial charge < -0.3 is 15.5 Å². The Labute approximate surface area is 241 Å². The zero-order valence-corrected chi connectivity index (χ0v) is 25.1. The summed E-state index contributed by atoms with van der Waals surface area (Å²) in [5.74, 6) is -2.57. The van der Waals surface area contributed by atoms with Gasteiger partial charge in [0, 0.05) is 11.1 Å². The van der Waals surface area contributed by atoms with E-state index in [0.29, 0.717) is 12.8 Å². The average molecular weight is 587 g/mol. The number of carbonyl (C=O) groups excluding carboxylic acids is 3. The first-order valence-corrected chi connectivity index (χ1v) is 15.7. The van der Waals surface area contributed by atoms with Crippen molar-refractivity contribution in [1.82, 2.24) is 15.5 Å². The number of benzene rings is 2. The molecular weight excluding hydrogens is 547 g/mol. The molecule has 222 valence electrons. The molecule has 0 radical (unpaired) electrons. The Bertz CT molecular complexity index is 1430. The van der Waals surface area contributed by atoms with Crippen LogP contribution in [0.4, 0.5) is 10.1 Å². The number of fused-ring (bicyclic) bond motifs is 1. The number of rotatable bonds is 8. The van der Waals surface area contributed by atoms with Crippen LogP contribution in [0.5, 0.6) is 0 Å². The van der Waals surface area contributed by atoms with E-state index in [9.17, 15) is 22.8 Å². The summed E-state index contributed by atoms with van der Waals surface area (Å²) in [6.07, 6.45) is 2.40. The van der Waals surface area contributed by atoms with Gasteiger partial charge in [0.05, 0.1) is 11.9 Å². The highest BCUT2D eigenvalue weighted by Crippen LogP contribution is 2.36. The second kappa shape index (κ2) is 11.4. The zero-order valence-electron chi connectivity index (χ0n) is 24.3. The van der Waals surface area contributed by atoms with E-state index in [2.05, 4.69) is 15.4 Å². The Kier molecular flexibility index (Phi) is 8.50. The summed E-state index contributed by atoms with van der Waals surface area (Å²) in [4.78, 5) is 43.2. The molecule has 1 saturated heterocycles. The Balaban J connectivity index is 1.80. The zero-order chi connectivity index (χ0) is 30.3. The highest BCUT2D eigenvalue weighted by molar-refractivity contribution is 7.92. The molecule has 3 amide bonds. The average Bonchev–Trinajstić information content (AvgIpc) is 3.26. The van der Waals surface area contributed by atoms with E-state index in [1.165, 1.54) is 17.0 Å². The second-order valence-corrected chi connectivity index (χ2v) is 14.3. The van der Waals surface area contributed by atoms with Crippen LogP contribution in [-0.2, 0) is 37.2 Å². The van der Waals surface area contributed by atoms with Crippen LogP contribution in [0.2, 0.25) is 0 Å². The number of nitrogens with one attached hydrogen (secondary N) is 3. The fraction of sp³-hybridized carbons (Fsp3) is 0.500. The standard InChI is InChI=1S/C30H39FN4O5S/c1-17(2)13-24-27(36)32-25(20-14-18-9-7-8-10-19(18)15-20)29(38)35(24)26(28(37)33-30(3,4)5)22-12-11-21(16-23(22)31)34-41(6,39)40/h7-12,16-17,20,24-26,34H,13-15H2,1-6H3,(H,32,36)(H,33,37)/t24-,25?,26-/m1/s1. The maximum Gasteiger partial charge on any atom is 0.247 e. The molecule has 41 heavy (non-hydrogen) atoms. The molecule has 3 atom stereocenters. The Hall–Kier alpha value is -3.47. The first kappa shape index (κ1) is 30.5. The molecule has 0 saturated carbocycles. The lowest BCUT2D eigenvalue weighted by Crippen LogP contribution is -2.67. The normalized spacial score (nSPS) is 20.5. The first-order chi connectivity index (χ1) is 19.0. The Morgan fingerprint density at radius 3 is 2.22 bits per heavy atom. The topological polar surface area (TPSA) is 125 Å². The number of hydrogen-bond donors (Lipinski definition) is 3. The minimum atomic E-state index is -3.68. The summed E-state index contributed by atoms with van der Waals surface area (Å²) in [5, 5.41) is 5.80. The van der Waals surface area contributed by atoms with Crippen LogP contribution in [0.25, 0.3) is 0 Å². The predicted octanol–water partition coefficient (Wildman–Crippen LogP) is 3.31. The monoisotopic (exact) mass is 586 g/mol. The molecule has 1 heterocycles. The third-order valence-electron chi connectivity index (χ3n) is 7.33. The molecule has 0 aromatic heterocycles. The van der Waals surface area contributed by atoms with Gasteiger partial charge in [0.2, 0.25) is 27.7 Å². The molecule has 0 bridgehead atoms. The van der Waals surface area contributed by atoms with Crippen molar-refractivity contribution in [2.24, 2.45) is 11.8 Å². The van der Waals surface area contributed by atoms with Gasteiger partial charge in [-0.15, -0.1) is 0 Å². The molecule has 2 aliphatic rings. The van der Waals surface area contributed by atoms with Crippen LogP contribution in [0.1, 0.15) is 63.8 Å². The van der Waals surface area contributed by atoms with Crippen molar-refractivity contribution in [1.29, 1.82) is 0 Å². The summed E-state index contributed by atoms with van der Waals surface area (Å²) in [6.45, 7) is 9.13. The lowest BCUT2D eigenvalue weighted by atomic mass is 9.87. The minimum absolute atomic E-state index is 0.00848. The molecule has 4 rings (SSSR count). The van der Waals surface area contributed by atoms with E-state index in [0.717, 1.165) is 23.4 Å². The van der Waals surface area contributed by atoms with Gasteiger partial charge in [-0.25, -0.2) is 12.8 Å². The molecule has 9 nitrogen and oxygen atoms in total. The third-order valence-corrected chi connectivity index (χ3v) is 7.93. The molecule has 1 aliphatic carbocycles. The van der Waals surface area contributed by atoms with Crippen molar-refractivity contribution in [3.63, 3.8) is 0 Å². The highest BCUT2D eigenvalue weighted by atomic mass is 32.2. The fourth-order valence-corrected chi connectivity index (χ4v) is 6.31. The van der Waals surface area contributed by atoms with E-state index in [1.807, 2.05) is 38.1 Å². The van der Waals surface area contributed by atoms with Crippen LogP contribution in [0.3, 0.4) is 0 Å². The smallest absolute Gasteiger partial charge is 0.247 e. The number of nitrogens with zero attached hydrogens (tertiary/aromatic N) is 1. The second-order valence-electron chi connectivity index (χ2n) is 12.6. The Morgan fingerprint density at radius 1 is 1.10 bits per heavy atom. The van der Waals surface area contributed by atoms with E-state index >= 15 is 4.39 Å². The summed E-state index contributed by atoms with van der Waals surface area (Å²) >= 11 is 0. The molecule has 1 fully saturated rings. The number of carbonyl (C=O) groups is 3. The molecule has 2 aromatic rings. The lowest BCUT2D eigenvalue weighted by molar-refractivity contribution is -0.158. The van der Waals surface area contributed by atoms with Gasteiger partial charge in [0.15, 0.2) is 0 Å². The number of halogens is 1. The van der Waals surface area contributed by atoms with Gasteiger partial charge in [-0.2, -0.15) is 0 Å². The van der Waals surface area contributed by atoms with Gasteiger partial charge in [0.1, 0.15) is 23.9 Å². The van der Waals surface area contributed by atoms with Gasteiger partial charge in [-0.05, 0) is 75.1 Å². The summed E-state index contributed by atoms with van der Waals surface area (Å²) in [5.41, 5.74) is 1.35. The summed E-state index contributed by atoms with van der Waals surface area (Å²) in [7, 11) is -3.68. The predicted molar refractivity (Wildman–Crippen MR) is 155 cm³/mol. The molecular formula is C30H39FN4O5S. The lowest BCUT2D eigenvalue weighted by Gasteiger charge is -2.45. The third kappa shape index (κ3) is 7.06. The van der Waals surface area contributed by atoms with Crippen molar-refractivity contribution < 1.29 is 27.2 Å². The molecule has 1 unspecified atom stereocenters. The van der Waals surface area contributed by atoms with Crippen LogP contribution in [0.15, 0.2) is 42.5 Å². The van der Waals surface area contributed by atoms with Gasteiger partial charge in [-0.3, -0.25) is 19.1 Å². The van der Waals surface area contributed by atoms with Crippen molar-refractivity contribution in [3.05, 3.63) is 65.0 Å². The van der Waals surface area contributed by atoms with Crippen LogP contribution >= 0.6 is 0 Å². The van der Waals surface area contributed by atoms with Gasteiger partial charge >= 0.3 is 0 Å². The molecule has 2 aromatic carbocycles. The molecule has 0 spiro atoms. The van der Waals surface area contributed by atoms with Crippen molar-refractivity contribution in [3.8, 4) is 0 Å². The molecule has 3 N–H and O–H groups in total. The number of piperazine rings is 1. The maximum absolute atomic E-state index is 15.8. The first-order valence-electron chi connectivity index (χ1n) is 13.8. The minimum Gasteiger partial charge on any atom is -0.349 e. The van der Waals surface area contributed by atoms with Crippen molar-refractivity contribution >= 4 is 33.4 Å². The van der Waals surface area contributed by atoms with Gasteiger partial charge in [0.25, 0.3) is 0 Å². The SMILES string of the molecule is CC(C)C[C@@H]1C(=O)NC(C2Cc3ccccc3C2)C(=O)N1[C@@H](C(=O)NC(C)(C)C)c1ccc(NS(C)(=O)=O)cc1F. The quantitative estimate of drug-likeness (QED) is 0.438. The molecule has 11 heteroatoms. The van der Waals surface area contributed by atoms with Gasteiger partial charge in [-0.1, -0.05) is 44.2 Å². The highest BCUT2D eigenvalue weighted by Gasteiger charge is 2.50. The van der Waals surface area contributed by atoms with E-state index in [4.69, 9.17) is 0 Å². The Morgan fingerprint density at radius 2 is 1.71 bits per heavy atom. The van der Waals surface area contributed by atoms with E-state index < -0.39 is 51.3 Å². The van der Waals surface area contributed by atoms with E-state index in [-0.39, 0.29) is 35.4 Å². The van der Waals surface area contributed by atoms with Crippen LogP contribution in [0, 0.1) is 17.7 Å². The number of amides is 3. The van der Waals surface area contributed by atoms with Crippen molar-refractivity contribution in [2.75, 3.05) is 11.0 Å². The largest absolute Gasteiger partial charge is 0.349 e. The molecule has 1 aliphatic heterocycles. The summed E-state index contributed by atoms with van der Waals surface area (Å²) < 4.78 is 41.4. The van der Waals surface area contributed by atoms with E-state index in [1.54, 1.807) is 20.8 Å². The number of sulfonamides is 1. The number of anilines is 1. The number of hydrogen-bond acceptors (Lipinski definition) is 5. The van der Waals surface area contributed by atoms with Crippen LogP contribution in [-0.4, -0.2) is 54.9 Å². The fourth-order valence-electron chi connectivity index (χ4n) is 5.76. The maximum atomic E-state index is 15.8. The summed E-state index contributed by atoms with van der Waals surface area (Å²) in [6, 6.07) is 8.13.